The highest BCUT2D eigenvalue weighted by molar-refractivity contribution is 5.79. The number of benzene rings is 1. The quantitative estimate of drug-likeness (QED) is 0.814. The highest BCUT2D eigenvalue weighted by Gasteiger charge is 2.09. The van der Waals surface area contributed by atoms with Gasteiger partial charge in [0.25, 0.3) is 0 Å². The van der Waals surface area contributed by atoms with Crippen molar-refractivity contribution in [2.24, 2.45) is 5.73 Å². The molecule has 1 atom stereocenters. The molecule has 1 amide bonds. The minimum atomic E-state index is -0.379. The first-order valence-corrected chi connectivity index (χ1v) is 7.35. The summed E-state index contributed by atoms with van der Waals surface area (Å²) in [6.45, 7) is 2.51. The van der Waals surface area contributed by atoms with Crippen molar-refractivity contribution in [3.8, 4) is 5.75 Å². The molecule has 22 heavy (non-hydrogen) atoms. The van der Waals surface area contributed by atoms with Crippen LogP contribution in [0.3, 0.4) is 0 Å². The van der Waals surface area contributed by atoms with Crippen LogP contribution >= 0.6 is 0 Å². The molecule has 2 rings (SSSR count). The van der Waals surface area contributed by atoms with Crippen molar-refractivity contribution in [1.82, 2.24) is 5.32 Å². The van der Waals surface area contributed by atoms with E-state index in [0.717, 1.165) is 12.0 Å². The number of hydrogen-bond donors (Lipinski definition) is 2. The standard InChI is InChI=1S/C17H21FN2O2/c1-12(17(19)21)20-10-13-6-8-15(9-7-13)22-11-14-4-2-3-5-16(14)18/h2,4,6-9,12,20H,3,5,10-11H2,1H3,(H2,19,21). The number of carbonyl (C=O) groups excluding carboxylic acids is 1. The highest BCUT2D eigenvalue weighted by atomic mass is 19.1. The van der Waals surface area contributed by atoms with Gasteiger partial charge in [0.05, 0.1) is 6.04 Å². The monoisotopic (exact) mass is 304 g/mol. The predicted molar refractivity (Wildman–Crippen MR) is 83.9 cm³/mol. The van der Waals surface area contributed by atoms with Gasteiger partial charge in [-0.25, -0.2) is 4.39 Å². The molecule has 1 unspecified atom stereocenters. The second-order valence-corrected chi connectivity index (χ2v) is 5.31. The van der Waals surface area contributed by atoms with Crippen LogP contribution in [0.5, 0.6) is 5.75 Å². The minimum absolute atomic E-state index is 0.0937. The molecule has 3 N–H and O–H groups in total. The Morgan fingerprint density at radius 2 is 2.14 bits per heavy atom. The molecule has 0 saturated carbocycles. The van der Waals surface area contributed by atoms with Crippen LogP contribution in [-0.4, -0.2) is 18.6 Å². The molecule has 0 fully saturated rings. The predicted octanol–water partition coefficient (Wildman–Crippen LogP) is 2.60. The van der Waals surface area contributed by atoms with E-state index in [4.69, 9.17) is 10.5 Å². The summed E-state index contributed by atoms with van der Waals surface area (Å²) in [5, 5.41) is 3.03. The molecule has 1 aromatic carbocycles. The van der Waals surface area contributed by atoms with Gasteiger partial charge < -0.3 is 15.8 Å². The average molecular weight is 304 g/mol. The van der Waals surface area contributed by atoms with Crippen LogP contribution in [0.2, 0.25) is 0 Å². The van der Waals surface area contributed by atoms with E-state index >= 15 is 0 Å². The van der Waals surface area contributed by atoms with Gasteiger partial charge in [0.15, 0.2) is 0 Å². The van der Waals surface area contributed by atoms with Gasteiger partial charge in [-0.15, -0.1) is 0 Å². The number of rotatable bonds is 7. The molecular formula is C17H21FN2O2. The zero-order valence-electron chi connectivity index (χ0n) is 12.6. The van der Waals surface area contributed by atoms with E-state index in [1.807, 2.05) is 30.3 Å². The lowest BCUT2D eigenvalue weighted by atomic mass is 10.1. The average Bonchev–Trinajstić information content (AvgIpc) is 2.52. The van der Waals surface area contributed by atoms with Gasteiger partial charge in [0, 0.05) is 18.5 Å². The van der Waals surface area contributed by atoms with Crippen LogP contribution in [-0.2, 0) is 11.3 Å². The number of nitrogens with one attached hydrogen (secondary N) is 1. The maximum Gasteiger partial charge on any atom is 0.234 e. The first-order valence-electron chi connectivity index (χ1n) is 7.35. The summed E-state index contributed by atoms with van der Waals surface area (Å²) in [5.74, 6) is 0.213. The smallest absolute Gasteiger partial charge is 0.234 e. The van der Waals surface area contributed by atoms with E-state index in [1.165, 1.54) is 0 Å². The second kappa shape index (κ2) is 7.75. The van der Waals surface area contributed by atoms with Crippen molar-refractivity contribution in [2.45, 2.75) is 32.4 Å². The minimum Gasteiger partial charge on any atom is -0.489 e. The Hall–Kier alpha value is -2.14. The lowest BCUT2D eigenvalue weighted by Crippen LogP contribution is -2.38. The molecule has 0 spiro atoms. The van der Waals surface area contributed by atoms with Gasteiger partial charge in [0.2, 0.25) is 5.91 Å². The summed E-state index contributed by atoms with van der Waals surface area (Å²) < 4.78 is 19.1. The molecule has 0 heterocycles. The van der Waals surface area contributed by atoms with Crippen molar-refractivity contribution in [2.75, 3.05) is 6.61 Å². The maximum absolute atomic E-state index is 13.6. The highest BCUT2D eigenvalue weighted by Crippen LogP contribution is 2.21. The fourth-order valence-electron chi connectivity index (χ4n) is 2.05. The van der Waals surface area contributed by atoms with Gasteiger partial charge >= 0.3 is 0 Å². The Bertz CT molecular complexity index is 579. The molecule has 5 heteroatoms. The summed E-state index contributed by atoms with van der Waals surface area (Å²) in [4.78, 5) is 10.9. The zero-order valence-corrected chi connectivity index (χ0v) is 12.6. The molecule has 0 aliphatic heterocycles. The molecule has 0 saturated heterocycles. The van der Waals surface area contributed by atoms with Crippen LogP contribution in [0.25, 0.3) is 0 Å². The van der Waals surface area contributed by atoms with E-state index in [9.17, 15) is 9.18 Å². The van der Waals surface area contributed by atoms with Gasteiger partial charge in [-0.3, -0.25) is 4.79 Å². The van der Waals surface area contributed by atoms with Crippen molar-refractivity contribution < 1.29 is 13.9 Å². The molecule has 1 aromatic rings. The van der Waals surface area contributed by atoms with Crippen LogP contribution in [0.15, 0.2) is 47.8 Å². The Morgan fingerprint density at radius 1 is 1.41 bits per heavy atom. The normalized spacial score (nSPS) is 15.7. The second-order valence-electron chi connectivity index (χ2n) is 5.31. The summed E-state index contributed by atoms with van der Waals surface area (Å²) >= 11 is 0. The van der Waals surface area contributed by atoms with Crippen molar-refractivity contribution in [1.29, 1.82) is 0 Å². The summed E-state index contributed by atoms with van der Waals surface area (Å²) in [7, 11) is 0. The molecule has 118 valence electrons. The van der Waals surface area contributed by atoms with E-state index in [2.05, 4.69) is 5.32 Å². The molecule has 0 bridgehead atoms. The first-order chi connectivity index (χ1) is 10.6. The zero-order chi connectivity index (χ0) is 15.9. The fraction of sp³-hybridized carbons (Fsp3) is 0.353. The maximum atomic E-state index is 13.6. The van der Waals surface area contributed by atoms with E-state index in [-0.39, 0.29) is 24.4 Å². The van der Waals surface area contributed by atoms with Gasteiger partial charge in [-0.2, -0.15) is 0 Å². The number of nitrogens with two attached hydrogens (primary N) is 1. The number of carbonyl (C=O) groups is 1. The third-order valence-corrected chi connectivity index (χ3v) is 3.55. The molecular weight excluding hydrogens is 283 g/mol. The van der Waals surface area contributed by atoms with Crippen LogP contribution in [0.4, 0.5) is 4.39 Å². The van der Waals surface area contributed by atoms with Crippen molar-refractivity contribution in [3.05, 3.63) is 53.4 Å². The Labute approximate surface area is 129 Å². The number of hydrogen-bond acceptors (Lipinski definition) is 3. The van der Waals surface area contributed by atoms with E-state index < -0.39 is 0 Å². The lowest BCUT2D eigenvalue weighted by Gasteiger charge is -2.12. The number of ether oxygens (including phenoxy) is 1. The van der Waals surface area contributed by atoms with Gasteiger partial charge in [0.1, 0.15) is 18.2 Å². The molecule has 4 nitrogen and oxygen atoms in total. The topological polar surface area (TPSA) is 64.3 Å². The molecule has 1 aliphatic carbocycles. The van der Waals surface area contributed by atoms with Gasteiger partial charge in [-0.1, -0.05) is 24.3 Å². The largest absolute Gasteiger partial charge is 0.489 e. The van der Waals surface area contributed by atoms with Crippen molar-refractivity contribution >= 4 is 5.91 Å². The summed E-state index contributed by atoms with van der Waals surface area (Å²) in [6, 6.07) is 7.09. The van der Waals surface area contributed by atoms with E-state index in [0.29, 0.717) is 24.3 Å². The summed E-state index contributed by atoms with van der Waals surface area (Å²) in [5.41, 5.74) is 6.80. The fourth-order valence-corrected chi connectivity index (χ4v) is 2.05. The number of allylic oxidation sites excluding steroid dienone is 2. The van der Waals surface area contributed by atoms with E-state index in [1.54, 1.807) is 13.0 Å². The number of halogens is 1. The first kappa shape index (κ1) is 16.2. The number of amides is 1. The Morgan fingerprint density at radius 3 is 2.77 bits per heavy atom. The Kier molecular flexibility index (Phi) is 5.72. The molecule has 0 aromatic heterocycles. The van der Waals surface area contributed by atoms with Gasteiger partial charge in [-0.05, 0) is 31.0 Å². The molecule has 0 radical (unpaired) electrons. The summed E-state index contributed by atoms with van der Waals surface area (Å²) in [6.07, 6.45) is 4.94. The van der Waals surface area contributed by atoms with Crippen molar-refractivity contribution in [3.63, 3.8) is 0 Å². The SMILES string of the molecule is CC(NCc1ccc(OCC2=C(F)CCC=C2)cc1)C(N)=O. The Balaban J connectivity index is 1.84. The van der Waals surface area contributed by atoms with Crippen LogP contribution in [0, 0.1) is 0 Å². The van der Waals surface area contributed by atoms with Crippen LogP contribution < -0.4 is 15.8 Å². The lowest BCUT2D eigenvalue weighted by molar-refractivity contribution is -0.119. The third kappa shape index (κ3) is 4.70. The number of primary amides is 1. The third-order valence-electron chi connectivity index (χ3n) is 3.55. The van der Waals surface area contributed by atoms with Crippen LogP contribution in [0.1, 0.15) is 25.3 Å². The molecule has 1 aliphatic rings.